The minimum atomic E-state index is -0.118. The zero-order chi connectivity index (χ0) is 39.4. The summed E-state index contributed by atoms with van der Waals surface area (Å²) in [5, 5.41) is 0. The van der Waals surface area contributed by atoms with E-state index in [2.05, 4.69) is 236 Å². The van der Waals surface area contributed by atoms with Gasteiger partial charge in [0.1, 0.15) is 0 Å². The Balaban J connectivity index is 1.37. The first-order chi connectivity index (χ1) is 26.7. The quantitative estimate of drug-likeness (QED) is 0.161. The number of rotatable bonds is 7. The lowest BCUT2D eigenvalue weighted by Gasteiger charge is -2.32. The molecule has 0 saturated heterocycles. The smallest absolute Gasteiger partial charge is 0.0488 e. The van der Waals surface area contributed by atoms with Crippen LogP contribution in [0, 0.1) is 6.92 Å². The highest BCUT2D eigenvalue weighted by atomic mass is 15.2. The molecule has 7 aromatic carbocycles. The summed E-state index contributed by atoms with van der Waals surface area (Å²) in [6.45, 7) is 20.5. The minimum Gasteiger partial charge on any atom is -0.310 e. The second-order valence-electron chi connectivity index (χ2n) is 18.1. The van der Waals surface area contributed by atoms with E-state index >= 15 is 0 Å². The third kappa shape index (κ3) is 6.94. The Bertz CT molecular complexity index is 2440. The van der Waals surface area contributed by atoms with Gasteiger partial charge in [-0.15, -0.1) is 0 Å². The van der Waals surface area contributed by atoms with Crippen LogP contribution in [0.1, 0.15) is 83.2 Å². The minimum absolute atomic E-state index is 0.0540. The fourth-order valence-corrected chi connectivity index (χ4v) is 8.29. The van der Waals surface area contributed by atoms with E-state index in [9.17, 15) is 0 Å². The summed E-state index contributed by atoms with van der Waals surface area (Å²) < 4.78 is 0. The van der Waals surface area contributed by atoms with Crippen LogP contribution in [-0.2, 0) is 16.2 Å². The average Bonchev–Trinajstić information content (AvgIpc) is 3.41. The van der Waals surface area contributed by atoms with Gasteiger partial charge >= 0.3 is 0 Å². The molecule has 0 amide bonds. The summed E-state index contributed by atoms with van der Waals surface area (Å²) in [4.78, 5) is 4.86. The van der Waals surface area contributed by atoms with Gasteiger partial charge in [0, 0.05) is 39.5 Å². The SMILES string of the molecule is Cc1ccc(N(c2cc(-c3ccccc3)cc(N(c3ccc(C(C)(C)C)cc3)c3ccc(C(C)(C)C)cc3)c2)c2ccc3c(c2)C(C)(C)c2ccccc2-3)cc1. The third-order valence-corrected chi connectivity index (χ3v) is 11.6. The first-order valence-corrected chi connectivity index (χ1v) is 20.0. The molecule has 0 radical (unpaired) electrons. The number of nitrogens with zero attached hydrogens (tertiary/aromatic N) is 2. The van der Waals surface area contributed by atoms with E-state index in [1.54, 1.807) is 0 Å². The van der Waals surface area contributed by atoms with Crippen molar-refractivity contribution in [3.8, 4) is 22.3 Å². The molecule has 0 saturated carbocycles. The molecular weight excluding hydrogens is 677 g/mol. The molecule has 7 aromatic rings. The molecule has 0 unspecified atom stereocenters. The molecule has 0 bridgehead atoms. The normalized spacial score (nSPS) is 13.2. The number of fused-ring (bicyclic) bond motifs is 3. The van der Waals surface area contributed by atoms with Gasteiger partial charge in [0.15, 0.2) is 0 Å². The molecule has 1 aliphatic carbocycles. The van der Waals surface area contributed by atoms with E-state index in [1.165, 1.54) is 44.5 Å². The topological polar surface area (TPSA) is 6.48 Å². The summed E-state index contributed by atoms with van der Waals surface area (Å²) in [5.41, 5.74) is 18.3. The van der Waals surface area contributed by atoms with Gasteiger partial charge in [0.05, 0.1) is 0 Å². The van der Waals surface area contributed by atoms with Crippen molar-refractivity contribution >= 4 is 34.1 Å². The third-order valence-electron chi connectivity index (χ3n) is 11.6. The van der Waals surface area contributed by atoms with E-state index in [0.717, 1.165) is 39.7 Å². The van der Waals surface area contributed by atoms with Gasteiger partial charge in [-0.05, 0) is 129 Å². The first kappa shape index (κ1) is 37.1. The molecule has 0 aromatic heterocycles. The Labute approximate surface area is 335 Å². The maximum absolute atomic E-state index is 2.44. The van der Waals surface area contributed by atoms with Gasteiger partial charge in [-0.1, -0.05) is 158 Å². The van der Waals surface area contributed by atoms with Gasteiger partial charge in [0.25, 0.3) is 0 Å². The molecule has 2 heteroatoms. The Morgan fingerprint density at radius 1 is 0.375 bits per heavy atom. The molecule has 0 heterocycles. The fraction of sp³-hybridized carbons (Fsp3) is 0.222. The molecular formula is C54H54N2. The largest absolute Gasteiger partial charge is 0.310 e. The molecule has 1 aliphatic rings. The molecule has 0 aliphatic heterocycles. The Morgan fingerprint density at radius 3 is 1.36 bits per heavy atom. The summed E-state index contributed by atoms with van der Waals surface area (Å²) in [5.74, 6) is 0. The van der Waals surface area contributed by atoms with Crippen LogP contribution in [0.5, 0.6) is 0 Å². The molecule has 280 valence electrons. The van der Waals surface area contributed by atoms with Crippen molar-refractivity contribution in [1.82, 2.24) is 0 Å². The molecule has 56 heavy (non-hydrogen) atoms. The number of hydrogen-bond donors (Lipinski definition) is 0. The Hall–Kier alpha value is -5.86. The van der Waals surface area contributed by atoms with Crippen molar-refractivity contribution in [2.24, 2.45) is 0 Å². The summed E-state index contributed by atoms with van der Waals surface area (Å²) in [6, 6.07) is 61.1. The van der Waals surface area contributed by atoms with Crippen LogP contribution in [0.2, 0.25) is 0 Å². The zero-order valence-electron chi connectivity index (χ0n) is 34.5. The maximum atomic E-state index is 2.44. The summed E-state index contributed by atoms with van der Waals surface area (Å²) >= 11 is 0. The van der Waals surface area contributed by atoms with Crippen LogP contribution in [-0.4, -0.2) is 0 Å². The first-order valence-electron chi connectivity index (χ1n) is 20.0. The Kier molecular flexibility index (Phi) is 9.28. The number of hydrogen-bond acceptors (Lipinski definition) is 2. The van der Waals surface area contributed by atoms with Crippen LogP contribution in [0.3, 0.4) is 0 Å². The Morgan fingerprint density at radius 2 is 0.821 bits per heavy atom. The predicted molar refractivity (Wildman–Crippen MR) is 241 cm³/mol. The lowest BCUT2D eigenvalue weighted by atomic mass is 9.82. The van der Waals surface area contributed by atoms with Crippen molar-refractivity contribution in [2.45, 2.75) is 78.6 Å². The second-order valence-corrected chi connectivity index (χ2v) is 18.1. The van der Waals surface area contributed by atoms with Crippen LogP contribution in [0.25, 0.3) is 22.3 Å². The number of aryl methyl sites for hydroxylation is 1. The highest BCUT2D eigenvalue weighted by Crippen LogP contribution is 2.51. The van der Waals surface area contributed by atoms with Crippen molar-refractivity contribution in [2.75, 3.05) is 9.80 Å². The number of benzene rings is 7. The number of anilines is 6. The van der Waals surface area contributed by atoms with E-state index in [-0.39, 0.29) is 16.2 Å². The molecule has 0 N–H and O–H groups in total. The van der Waals surface area contributed by atoms with Gasteiger partial charge in [-0.2, -0.15) is 0 Å². The van der Waals surface area contributed by atoms with Crippen molar-refractivity contribution in [3.63, 3.8) is 0 Å². The van der Waals surface area contributed by atoms with Crippen molar-refractivity contribution in [3.05, 3.63) is 192 Å². The lowest BCUT2D eigenvalue weighted by molar-refractivity contribution is 0.590. The molecule has 2 nitrogen and oxygen atoms in total. The van der Waals surface area contributed by atoms with Gasteiger partial charge in [-0.25, -0.2) is 0 Å². The van der Waals surface area contributed by atoms with Crippen LogP contribution in [0.4, 0.5) is 34.1 Å². The van der Waals surface area contributed by atoms with E-state index in [0.29, 0.717) is 0 Å². The van der Waals surface area contributed by atoms with E-state index in [1.807, 2.05) is 0 Å². The molecule has 0 atom stereocenters. The fourth-order valence-electron chi connectivity index (χ4n) is 8.29. The standard InChI is InChI=1S/C54H54N2/c1-37-19-25-42(26-20-37)56(45-31-32-49-48-17-13-14-18-50(48)54(8,9)51(49)36-45)47-34-39(38-15-11-10-12-16-38)33-46(35-47)55(43-27-21-40(22-28-43)52(2,3)4)44-29-23-41(24-30-44)53(5,6)7/h10-36H,1-9H3. The average molecular weight is 731 g/mol. The van der Waals surface area contributed by atoms with Gasteiger partial charge in [-0.3, -0.25) is 0 Å². The van der Waals surface area contributed by atoms with Gasteiger partial charge < -0.3 is 9.80 Å². The molecule has 0 fully saturated rings. The second kappa shape index (κ2) is 14.0. The highest BCUT2D eigenvalue weighted by Gasteiger charge is 2.36. The summed E-state index contributed by atoms with van der Waals surface area (Å²) in [6.07, 6.45) is 0. The predicted octanol–water partition coefficient (Wildman–Crippen LogP) is 15.5. The summed E-state index contributed by atoms with van der Waals surface area (Å²) in [7, 11) is 0. The van der Waals surface area contributed by atoms with E-state index < -0.39 is 0 Å². The van der Waals surface area contributed by atoms with Crippen molar-refractivity contribution in [1.29, 1.82) is 0 Å². The highest BCUT2D eigenvalue weighted by molar-refractivity contribution is 5.89. The van der Waals surface area contributed by atoms with Crippen molar-refractivity contribution < 1.29 is 0 Å². The lowest BCUT2D eigenvalue weighted by Crippen LogP contribution is -2.17. The van der Waals surface area contributed by atoms with E-state index in [4.69, 9.17) is 0 Å². The maximum Gasteiger partial charge on any atom is 0.0488 e. The molecule has 8 rings (SSSR count). The molecule has 0 spiro atoms. The monoisotopic (exact) mass is 730 g/mol. The van der Waals surface area contributed by atoms with Crippen LogP contribution >= 0.6 is 0 Å². The van der Waals surface area contributed by atoms with Crippen LogP contribution < -0.4 is 9.80 Å². The van der Waals surface area contributed by atoms with Crippen LogP contribution in [0.15, 0.2) is 164 Å². The van der Waals surface area contributed by atoms with Gasteiger partial charge in [0.2, 0.25) is 0 Å². The zero-order valence-corrected chi connectivity index (χ0v) is 34.5.